The maximum absolute atomic E-state index is 13.8. The molecule has 0 saturated carbocycles. The lowest BCUT2D eigenvalue weighted by Gasteiger charge is -2.42. The van der Waals surface area contributed by atoms with Crippen LogP contribution in [0, 0.1) is 0 Å². The number of nitrogens with one attached hydrogen (secondary N) is 1. The van der Waals surface area contributed by atoms with Crippen molar-refractivity contribution < 1.29 is 9.53 Å². The topological polar surface area (TPSA) is 45.3 Å². The Balaban J connectivity index is 1.36. The number of fused-ring (bicyclic) bond motifs is 1. The van der Waals surface area contributed by atoms with Crippen molar-refractivity contribution >= 4 is 28.4 Å². The summed E-state index contributed by atoms with van der Waals surface area (Å²) in [5.74, 6) is 0.729. The average Bonchev–Trinajstić information content (AvgIpc) is 3.23. The van der Waals surface area contributed by atoms with Crippen LogP contribution in [0.25, 0.3) is 10.9 Å². The molecule has 156 valence electrons. The van der Waals surface area contributed by atoms with E-state index in [2.05, 4.69) is 40.3 Å². The molecule has 2 aliphatic rings. The van der Waals surface area contributed by atoms with Gasteiger partial charge in [-0.15, -0.1) is 0 Å². The van der Waals surface area contributed by atoms with Crippen LogP contribution in [0.2, 0.25) is 5.02 Å². The van der Waals surface area contributed by atoms with Crippen LogP contribution in [0.4, 0.5) is 0 Å². The molecule has 0 bridgehead atoms. The van der Waals surface area contributed by atoms with Gasteiger partial charge in [-0.1, -0.05) is 41.9 Å². The molecule has 0 aliphatic carbocycles. The number of H-pyrrole nitrogens is 1. The summed E-state index contributed by atoms with van der Waals surface area (Å²) in [6.45, 7) is 2.83. The smallest absolute Gasteiger partial charge is 0.233 e. The highest BCUT2D eigenvalue weighted by Crippen LogP contribution is 2.40. The number of benzene rings is 2. The maximum Gasteiger partial charge on any atom is 0.233 e. The number of hydrogen-bond donors (Lipinski definition) is 1. The van der Waals surface area contributed by atoms with Gasteiger partial charge in [0, 0.05) is 48.4 Å². The predicted molar refractivity (Wildman–Crippen MR) is 120 cm³/mol. The van der Waals surface area contributed by atoms with Crippen LogP contribution in [0.15, 0.2) is 54.7 Å². The molecule has 2 saturated heterocycles. The zero-order chi connectivity index (χ0) is 20.6. The molecular formula is C25H27ClN2O2. The zero-order valence-electron chi connectivity index (χ0n) is 17.1. The van der Waals surface area contributed by atoms with Crippen molar-refractivity contribution in [2.75, 3.05) is 26.3 Å². The molecule has 0 radical (unpaired) electrons. The van der Waals surface area contributed by atoms with Crippen LogP contribution in [0.5, 0.6) is 0 Å². The van der Waals surface area contributed by atoms with Gasteiger partial charge in [0.25, 0.3) is 0 Å². The standard InChI is InChI=1S/C25H27ClN2O2/c26-20-5-3-4-19(16-20)25(10-14-30-15-11-25)24(29)28-12-8-18(9-13-28)22-17-27-23-7-2-1-6-21(22)23/h1-7,16-18,27H,8-15H2. The van der Waals surface area contributed by atoms with E-state index in [1.54, 1.807) is 0 Å². The highest BCUT2D eigenvalue weighted by molar-refractivity contribution is 6.30. The number of aromatic amines is 1. The lowest BCUT2D eigenvalue weighted by atomic mass is 9.72. The van der Waals surface area contributed by atoms with E-state index in [1.165, 1.54) is 16.5 Å². The molecule has 0 atom stereocenters. The number of rotatable bonds is 3. The Morgan fingerprint density at radius 1 is 1.07 bits per heavy atom. The molecule has 30 heavy (non-hydrogen) atoms. The van der Waals surface area contributed by atoms with Gasteiger partial charge >= 0.3 is 0 Å². The summed E-state index contributed by atoms with van der Waals surface area (Å²) in [5, 5.41) is 1.99. The predicted octanol–water partition coefficient (Wildman–Crippen LogP) is 5.28. The maximum atomic E-state index is 13.8. The molecule has 2 fully saturated rings. The monoisotopic (exact) mass is 422 g/mol. The average molecular weight is 423 g/mol. The molecule has 3 heterocycles. The van der Waals surface area contributed by atoms with Gasteiger partial charge in [-0.2, -0.15) is 0 Å². The second-order valence-corrected chi connectivity index (χ2v) is 9.00. The number of carbonyl (C=O) groups excluding carboxylic acids is 1. The van der Waals surface area contributed by atoms with Gasteiger partial charge in [-0.25, -0.2) is 0 Å². The van der Waals surface area contributed by atoms with Crippen molar-refractivity contribution in [2.24, 2.45) is 0 Å². The molecule has 0 spiro atoms. The zero-order valence-corrected chi connectivity index (χ0v) is 17.8. The summed E-state index contributed by atoms with van der Waals surface area (Å²) in [6.07, 6.45) is 5.58. The molecule has 1 N–H and O–H groups in total. The fourth-order valence-corrected chi connectivity index (χ4v) is 5.45. The van der Waals surface area contributed by atoms with E-state index in [9.17, 15) is 4.79 Å². The number of para-hydroxylation sites is 1. The summed E-state index contributed by atoms with van der Waals surface area (Å²) < 4.78 is 5.61. The first kappa shape index (κ1) is 19.7. The van der Waals surface area contributed by atoms with Gasteiger partial charge in [0.15, 0.2) is 0 Å². The van der Waals surface area contributed by atoms with Crippen LogP contribution in [0.1, 0.15) is 42.7 Å². The lowest BCUT2D eigenvalue weighted by Crippen LogP contribution is -2.51. The minimum Gasteiger partial charge on any atom is -0.381 e. The quantitative estimate of drug-likeness (QED) is 0.624. The number of carbonyl (C=O) groups is 1. The minimum atomic E-state index is -0.517. The van der Waals surface area contributed by atoms with E-state index in [4.69, 9.17) is 16.3 Å². The van der Waals surface area contributed by atoms with Crippen molar-refractivity contribution in [3.05, 3.63) is 70.9 Å². The normalized spacial score (nSPS) is 19.8. The van der Waals surface area contributed by atoms with Gasteiger partial charge in [-0.3, -0.25) is 4.79 Å². The molecular weight excluding hydrogens is 396 g/mol. The van der Waals surface area contributed by atoms with Crippen molar-refractivity contribution in [1.29, 1.82) is 0 Å². The number of aromatic nitrogens is 1. The second-order valence-electron chi connectivity index (χ2n) is 8.56. The van der Waals surface area contributed by atoms with E-state index >= 15 is 0 Å². The highest BCUT2D eigenvalue weighted by Gasteiger charge is 2.44. The number of ether oxygens (including phenoxy) is 1. The van der Waals surface area contributed by atoms with Gasteiger partial charge in [0.2, 0.25) is 5.91 Å². The molecule has 0 unspecified atom stereocenters. The fourth-order valence-electron chi connectivity index (χ4n) is 5.26. The minimum absolute atomic E-state index is 0.241. The molecule has 1 aromatic heterocycles. The lowest BCUT2D eigenvalue weighted by molar-refractivity contribution is -0.142. The third-order valence-corrected chi connectivity index (χ3v) is 7.21. The van der Waals surface area contributed by atoms with E-state index in [0.29, 0.717) is 37.0 Å². The van der Waals surface area contributed by atoms with Crippen molar-refractivity contribution in [1.82, 2.24) is 9.88 Å². The van der Waals surface area contributed by atoms with Crippen molar-refractivity contribution in [3.8, 4) is 0 Å². The fraction of sp³-hybridized carbons (Fsp3) is 0.400. The first-order valence-corrected chi connectivity index (χ1v) is 11.2. The Morgan fingerprint density at radius 3 is 2.60 bits per heavy atom. The van der Waals surface area contributed by atoms with E-state index in [0.717, 1.165) is 31.5 Å². The van der Waals surface area contributed by atoms with Gasteiger partial charge in [0.1, 0.15) is 0 Å². The molecule has 2 aromatic carbocycles. The van der Waals surface area contributed by atoms with E-state index in [1.807, 2.05) is 24.3 Å². The summed E-state index contributed by atoms with van der Waals surface area (Å²) in [5.41, 5.74) is 3.08. The van der Waals surface area contributed by atoms with E-state index in [-0.39, 0.29) is 5.91 Å². The van der Waals surface area contributed by atoms with Gasteiger partial charge in [-0.05, 0) is 60.9 Å². The molecule has 2 aliphatic heterocycles. The SMILES string of the molecule is O=C(N1CCC(c2c[nH]c3ccccc23)CC1)C1(c2cccc(Cl)c2)CCOCC1. The Bertz CT molecular complexity index is 1050. The summed E-state index contributed by atoms with van der Waals surface area (Å²) in [4.78, 5) is 19.3. The Hall–Kier alpha value is -2.30. The van der Waals surface area contributed by atoms with Crippen LogP contribution in [-0.4, -0.2) is 42.1 Å². The summed E-state index contributed by atoms with van der Waals surface area (Å²) in [6, 6.07) is 16.3. The van der Waals surface area contributed by atoms with Crippen LogP contribution in [0.3, 0.4) is 0 Å². The first-order valence-electron chi connectivity index (χ1n) is 10.9. The number of nitrogens with zero attached hydrogens (tertiary/aromatic N) is 1. The van der Waals surface area contributed by atoms with Gasteiger partial charge < -0.3 is 14.6 Å². The van der Waals surface area contributed by atoms with Crippen molar-refractivity contribution in [3.63, 3.8) is 0 Å². The summed E-state index contributed by atoms with van der Waals surface area (Å²) in [7, 11) is 0. The molecule has 4 nitrogen and oxygen atoms in total. The highest BCUT2D eigenvalue weighted by atomic mass is 35.5. The van der Waals surface area contributed by atoms with E-state index < -0.39 is 5.41 Å². The number of amides is 1. The number of likely N-dealkylation sites (tertiary alicyclic amines) is 1. The molecule has 1 amide bonds. The third kappa shape index (κ3) is 3.42. The Labute approximate surface area is 182 Å². The summed E-state index contributed by atoms with van der Waals surface area (Å²) >= 11 is 6.28. The van der Waals surface area contributed by atoms with Crippen LogP contribution < -0.4 is 0 Å². The number of halogens is 1. The first-order chi connectivity index (χ1) is 14.7. The van der Waals surface area contributed by atoms with Gasteiger partial charge in [0.05, 0.1) is 5.41 Å². The Morgan fingerprint density at radius 2 is 1.83 bits per heavy atom. The molecule has 5 rings (SSSR count). The van der Waals surface area contributed by atoms with Crippen LogP contribution >= 0.6 is 11.6 Å². The largest absolute Gasteiger partial charge is 0.381 e. The second kappa shape index (κ2) is 8.09. The Kier molecular flexibility index (Phi) is 5.30. The number of piperidine rings is 1. The molecule has 3 aromatic rings. The van der Waals surface area contributed by atoms with Crippen LogP contribution in [-0.2, 0) is 14.9 Å². The number of hydrogen-bond acceptors (Lipinski definition) is 2. The third-order valence-electron chi connectivity index (χ3n) is 6.98. The van der Waals surface area contributed by atoms with Crippen molar-refractivity contribution in [2.45, 2.75) is 37.0 Å². The molecule has 5 heteroatoms.